The van der Waals surface area contributed by atoms with Crippen molar-refractivity contribution < 1.29 is 9.18 Å². The Hall–Kier alpha value is -4.92. The van der Waals surface area contributed by atoms with Gasteiger partial charge in [0, 0.05) is 35.3 Å². The fraction of sp³-hybridized carbons (Fsp3) is 0.138. The van der Waals surface area contributed by atoms with E-state index >= 15 is 0 Å². The van der Waals surface area contributed by atoms with Crippen LogP contribution in [0.3, 0.4) is 0 Å². The van der Waals surface area contributed by atoms with E-state index in [0.717, 1.165) is 57.0 Å². The lowest BCUT2D eigenvalue weighted by molar-refractivity contribution is -0.116. The molecule has 186 valence electrons. The molecule has 1 aliphatic rings. The Morgan fingerprint density at radius 2 is 1.74 bits per heavy atom. The number of pyridine rings is 2. The average molecular weight is 504 g/mol. The van der Waals surface area contributed by atoms with Crippen molar-refractivity contribution in [2.24, 2.45) is 5.92 Å². The number of halogens is 1. The number of aromatic nitrogens is 6. The van der Waals surface area contributed by atoms with Gasteiger partial charge in [0.25, 0.3) is 0 Å². The number of hydrogen-bond donors (Lipinski definition) is 3. The van der Waals surface area contributed by atoms with Gasteiger partial charge in [-0.1, -0.05) is 18.2 Å². The highest BCUT2D eigenvalue weighted by atomic mass is 19.1. The number of amides is 1. The third-order valence-corrected chi connectivity index (χ3v) is 6.86. The minimum absolute atomic E-state index is 0.0263. The number of rotatable bonds is 6. The molecule has 0 radical (unpaired) electrons. The number of anilines is 1. The standard InChI is InChI=1S/C29H22FN7O/c30-20-6-3-17(4-7-20)23-14-32-15-25-27(23)35-29(34-25)28-22-11-18(5-8-24(22)36-37-28)19-10-21(13-31-12-19)33-26(38)9-16-1-2-16/h3-8,10-16H,1-2,9H2,(H,33,38)(H,34,35)(H,36,37). The maximum atomic E-state index is 13.5. The van der Waals surface area contributed by atoms with Gasteiger partial charge in [-0.2, -0.15) is 5.10 Å². The Balaban J connectivity index is 1.25. The van der Waals surface area contributed by atoms with Gasteiger partial charge in [-0.05, 0) is 60.2 Å². The molecule has 6 aromatic rings. The smallest absolute Gasteiger partial charge is 0.224 e. The molecular formula is C29H22FN7O. The molecule has 0 spiro atoms. The molecule has 0 aliphatic heterocycles. The van der Waals surface area contributed by atoms with Crippen LogP contribution in [0, 0.1) is 11.7 Å². The highest BCUT2D eigenvalue weighted by Gasteiger charge is 2.24. The summed E-state index contributed by atoms with van der Waals surface area (Å²) in [6, 6.07) is 14.2. The number of nitrogens with zero attached hydrogens (tertiary/aromatic N) is 4. The van der Waals surface area contributed by atoms with Crippen molar-refractivity contribution in [3.63, 3.8) is 0 Å². The molecule has 1 saturated carbocycles. The maximum Gasteiger partial charge on any atom is 0.224 e. The Morgan fingerprint density at radius 1 is 0.921 bits per heavy atom. The van der Waals surface area contributed by atoms with E-state index in [4.69, 9.17) is 4.98 Å². The third kappa shape index (κ3) is 4.17. The van der Waals surface area contributed by atoms with Crippen LogP contribution in [0.15, 0.2) is 73.3 Å². The molecule has 1 amide bonds. The summed E-state index contributed by atoms with van der Waals surface area (Å²) < 4.78 is 13.5. The summed E-state index contributed by atoms with van der Waals surface area (Å²) in [4.78, 5) is 29.1. The van der Waals surface area contributed by atoms with Crippen molar-refractivity contribution in [3.05, 3.63) is 79.1 Å². The maximum absolute atomic E-state index is 13.5. The quantitative estimate of drug-likeness (QED) is 0.254. The van der Waals surface area contributed by atoms with E-state index in [9.17, 15) is 9.18 Å². The van der Waals surface area contributed by atoms with Gasteiger partial charge in [0.05, 0.1) is 34.6 Å². The van der Waals surface area contributed by atoms with Crippen molar-refractivity contribution in [1.82, 2.24) is 30.1 Å². The molecule has 9 heteroatoms. The van der Waals surface area contributed by atoms with Gasteiger partial charge in [0.2, 0.25) is 5.91 Å². The SMILES string of the molecule is O=C(CC1CC1)Nc1cncc(-c2ccc3[nH]nc(-c4nc5c(-c6ccc(F)cc6)cncc5[nH]4)c3c2)c1. The molecule has 8 nitrogen and oxygen atoms in total. The first-order valence-corrected chi connectivity index (χ1v) is 12.4. The van der Waals surface area contributed by atoms with Crippen LogP contribution >= 0.6 is 0 Å². The van der Waals surface area contributed by atoms with E-state index in [1.807, 2.05) is 24.3 Å². The molecule has 3 N–H and O–H groups in total. The summed E-state index contributed by atoms with van der Waals surface area (Å²) in [5.74, 6) is 0.850. The molecule has 0 saturated heterocycles. The fourth-order valence-electron chi connectivity index (χ4n) is 4.72. The number of fused-ring (bicyclic) bond motifs is 2. The van der Waals surface area contributed by atoms with Crippen LogP contribution in [0.4, 0.5) is 10.1 Å². The predicted octanol–water partition coefficient (Wildman–Crippen LogP) is 6.11. The molecule has 38 heavy (non-hydrogen) atoms. The molecule has 0 bridgehead atoms. The number of nitrogens with one attached hydrogen (secondary N) is 3. The van der Waals surface area contributed by atoms with E-state index < -0.39 is 0 Å². The number of benzene rings is 2. The molecular weight excluding hydrogens is 481 g/mol. The summed E-state index contributed by atoms with van der Waals surface area (Å²) in [7, 11) is 0. The van der Waals surface area contributed by atoms with Gasteiger partial charge >= 0.3 is 0 Å². The second kappa shape index (κ2) is 8.88. The molecule has 1 aliphatic carbocycles. The van der Waals surface area contributed by atoms with Crippen LogP contribution in [0.2, 0.25) is 0 Å². The largest absolute Gasteiger partial charge is 0.335 e. The van der Waals surface area contributed by atoms with E-state index in [1.165, 1.54) is 12.1 Å². The summed E-state index contributed by atoms with van der Waals surface area (Å²) >= 11 is 0. The fourth-order valence-corrected chi connectivity index (χ4v) is 4.72. The van der Waals surface area contributed by atoms with Crippen LogP contribution in [-0.4, -0.2) is 36.0 Å². The number of hydrogen-bond acceptors (Lipinski definition) is 5. The highest BCUT2D eigenvalue weighted by molar-refractivity contribution is 5.98. The Labute approximate surface area is 216 Å². The van der Waals surface area contributed by atoms with E-state index in [1.54, 1.807) is 36.9 Å². The molecule has 1 fully saturated rings. The summed E-state index contributed by atoms with van der Waals surface area (Å²) in [6.45, 7) is 0. The predicted molar refractivity (Wildman–Crippen MR) is 144 cm³/mol. The number of aromatic amines is 2. The van der Waals surface area contributed by atoms with Crippen LogP contribution in [0.1, 0.15) is 19.3 Å². The van der Waals surface area contributed by atoms with Gasteiger partial charge in [0.1, 0.15) is 11.5 Å². The van der Waals surface area contributed by atoms with Crippen molar-refractivity contribution in [2.75, 3.05) is 5.32 Å². The Morgan fingerprint density at radius 3 is 2.58 bits per heavy atom. The topological polar surface area (TPSA) is 112 Å². The lowest BCUT2D eigenvalue weighted by Gasteiger charge is -2.07. The molecule has 7 rings (SSSR count). The Kier molecular flexibility index (Phi) is 5.21. The van der Waals surface area contributed by atoms with Gasteiger partial charge in [-0.25, -0.2) is 9.37 Å². The normalized spacial score (nSPS) is 13.3. The number of imidazole rings is 1. The monoisotopic (exact) mass is 503 g/mol. The third-order valence-electron chi connectivity index (χ3n) is 6.86. The van der Waals surface area contributed by atoms with Gasteiger partial charge in [-0.3, -0.25) is 19.9 Å². The van der Waals surface area contributed by atoms with Gasteiger partial charge in [-0.15, -0.1) is 0 Å². The first-order chi connectivity index (χ1) is 18.6. The van der Waals surface area contributed by atoms with E-state index in [2.05, 4.69) is 30.5 Å². The van der Waals surface area contributed by atoms with E-state index in [0.29, 0.717) is 29.5 Å². The minimum atomic E-state index is -0.295. The molecule has 4 heterocycles. The van der Waals surface area contributed by atoms with E-state index in [-0.39, 0.29) is 11.7 Å². The lowest BCUT2D eigenvalue weighted by Crippen LogP contribution is -2.12. The van der Waals surface area contributed by atoms with Crippen LogP contribution in [-0.2, 0) is 4.79 Å². The summed E-state index contributed by atoms with van der Waals surface area (Å²) in [6.07, 6.45) is 9.71. The lowest BCUT2D eigenvalue weighted by atomic mass is 10.0. The van der Waals surface area contributed by atoms with Crippen molar-refractivity contribution in [2.45, 2.75) is 19.3 Å². The first-order valence-electron chi connectivity index (χ1n) is 12.4. The highest BCUT2D eigenvalue weighted by Crippen LogP contribution is 2.34. The minimum Gasteiger partial charge on any atom is -0.335 e. The zero-order valence-electron chi connectivity index (χ0n) is 20.2. The van der Waals surface area contributed by atoms with Crippen LogP contribution in [0.25, 0.3) is 55.7 Å². The second-order valence-electron chi connectivity index (χ2n) is 9.67. The Bertz CT molecular complexity index is 1820. The molecule has 0 atom stereocenters. The van der Waals surface area contributed by atoms with Crippen LogP contribution in [0.5, 0.6) is 0 Å². The zero-order chi connectivity index (χ0) is 25.6. The first kappa shape index (κ1) is 22.3. The molecule has 0 unspecified atom stereocenters. The van der Waals surface area contributed by atoms with Crippen molar-refractivity contribution in [1.29, 1.82) is 0 Å². The van der Waals surface area contributed by atoms with Gasteiger partial charge in [0.15, 0.2) is 5.82 Å². The zero-order valence-corrected chi connectivity index (χ0v) is 20.2. The summed E-state index contributed by atoms with van der Waals surface area (Å²) in [5.41, 5.74) is 7.16. The van der Waals surface area contributed by atoms with Crippen molar-refractivity contribution >= 4 is 33.5 Å². The molecule has 2 aromatic carbocycles. The number of H-pyrrole nitrogens is 2. The molecule has 4 aromatic heterocycles. The number of carbonyl (C=O) groups is 1. The van der Waals surface area contributed by atoms with Crippen LogP contribution < -0.4 is 5.32 Å². The van der Waals surface area contributed by atoms with Gasteiger partial charge < -0.3 is 10.3 Å². The number of carbonyl (C=O) groups excluding carboxylic acids is 1. The average Bonchev–Trinajstić information content (AvgIpc) is 3.47. The summed E-state index contributed by atoms with van der Waals surface area (Å²) in [5, 5.41) is 11.5. The van der Waals surface area contributed by atoms with Crippen molar-refractivity contribution in [3.8, 4) is 33.8 Å². The second-order valence-corrected chi connectivity index (χ2v) is 9.67.